The second-order valence-electron chi connectivity index (χ2n) is 4.32. The van der Waals surface area contributed by atoms with Crippen LogP contribution in [0.15, 0.2) is 0 Å². The number of rotatable bonds is 4. The highest BCUT2D eigenvalue weighted by atomic mass is 16.2. The third-order valence-corrected chi connectivity index (χ3v) is 3.14. The fourth-order valence-corrected chi connectivity index (χ4v) is 1.81. The summed E-state index contributed by atoms with van der Waals surface area (Å²) in [6.45, 7) is 8.21. The number of hydrogen-bond acceptors (Lipinski definition) is 3. The van der Waals surface area contributed by atoms with E-state index in [0.717, 1.165) is 32.7 Å². The van der Waals surface area contributed by atoms with Crippen molar-refractivity contribution < 1.29 is 9.59 Å². The highest BCUT2D eigenvalue weighted by molar-refractivity contribution is 5.84. The number of primary amides is 1. The van der Waals surface area contributed by atoms with E-state index in [1.807, 2.05) is 4.90 Å². The zero-order valence-corrected chi connectivity index (χ0v) is 10.1. The van der Waals surface area contributed by atoms with Crippen molar-refractivity contribution in [2.45, 2.75) is 20.3 Å². The maximum atomic E-state index is 11.8. The molecule has 1 heterocycles. The lowest BCUT2D eigenvalue weighted by Crippen LogP contribution is -2.49. The third kappa shape index (κ3) is 3.48. The zero-order valence-electron chi connectivity index (χ0n) is 10.1. The predicted octanol–water partition coefficient (Wildman–Crippen LogP) is -0.338. The normalized spacial score (nSPS) is 19.5. The topological polar surface area (TPSA) is 66.6 Å². The molecule has 0 aromatic rings. The Labute approximate surface area is 96.6 Å². The van der Waals surface area contributed by atoms with Gasteiger partial charge in [0.1, 0.15) is 0 Å². The second-order valence-corrected chi connectivity index (χ2v) is 4.32. The number of nitrogens with zero attached hydrogens (tertiary/aromatic N) is 2. The molecule has 92 valence electrons. The molecule has 0 spiro atoms. The van der Waals surface area contributed by atoms with Gasteiger partial charge in [0.2, 0.25) is 11.8 Å². The van der Waals surface area contributed by atoms with Crippen molar-refractivity contribution in [3.8, 4) is 0 Å². The molecule has 0 saturated carbocycles. The van der Waals surface area contributed by atoms with Crippen molar-refractivity contribution in [3.63, 3.8) is 0 Å². The van der Waals surface area contributed by atoms with E-state index in [1.165, 1.54) is 0 Å². The first-order chi connectivity index (χ1) is 7.54. The van der Waals surface area contributed by atoms with Gasteiger partial charge in [0.25, 0.3) is 0 Å². The molecule has 5 nitrogen and oxygen atoms in total. The molecule has 1 unspecified atom stereocenters. The molecule has 0 aliphatic carbocycles. The summed E-state index contributed by atoms with van der Waals surface area (Å²) in [6, 6.07) is 0. The zero-order chi connectivity index (χ0) is 12.1. The van der Waals surface area contributed by atoms with Gasteiger partial charge in [-0.2, -0.15) is 0 Å². The Morgan fingerprint density at radius 2 is 1.81 bits per heavy atom. The molecule has 1 aliphatic heterocycles. The molecule has 2 N–H and O–H groups in total. The number of hydrogen-bond donors (Lipinski definition) is 1. The fraction of sp³-hybridized carbons (Fsp3) is 0.818. The molecule has 0 aromatic carbocycles. The summed E-state index contributed by atoms with van der Waals surface area (Å²) in [4.78, 5) is 26.8. The van der Waals surface area contributed by atoms with Crippen LogP contribution in [0.4, 0.5) is 0 Å². The monoisotopic (exact) mass is 227 g/mol. The van der Waals surface area contributed by atoms with Gasteiger partial charge in [-0.1, -0.05) is 13.8 Å². The van der Waals surface area contributed by atoms with Crippen LogP contribution in [-0.2, 0) is 9.59 Å². The van der Waals surface area contributed by atoms with E-state index in [4.69, 9.17) is 5.73 Å². The maximum Gasteiger partial charge on any atom is 0.223 e. The number of piperazine rings is 1. The van der Waals surface area contributed by atoms with Gasteiger partial charge in [-0.05, 0) is 6.54 Å². The highest BCUT2D eigenvalue weighted by Gasteiger charge is 2.22. The summed E-state index contributed by atoms with van der Waals surface area (Å²) in [7, 11) is 0. The Hall–Kier alpha value is -1.10. The second kappa shape index (κ2) is 5.84. The Morgan fingerprint density at radius 3 is 2.25 bits per heavy atom. The molecule has 1 atom stereocenters. The predicted molar refractivity (Wildman–Crippen MR) is 61.7 cm³/mol. The van der Waals surface area contributed by atoms with Crippen LogP contribution in [-0.4, -0.2) is 54.3 Å². The molecule has 1 saturated heterocycles. The van der Waals surface area contributed by atoms with Gasteiger partial charge >= 0.3 is 0 Å². The summed E-state index contributed by atoms with van der Waals surface area (Å²) < 4.78 is 0. The molecule has 16 heavy (non-hydrogen) atoms. The number of carbonyl (C=O) groups is 2. The molecule has 5 heteroatoms. The molecule has 0 aromatic heterocycles. The van der Waals surface area contributed by atoms with Gasteiger partial charge in [-0.25, -0.2) is 0 Å². The van der Waals surface area contributed by atoms with Crippen molar-refractivity contribution in [2.75, 3.05) is 32.7 Å². The average molecular weight is 227 g/mol. The van der Waals surface area contributed by atoms with Crippen LogP contribution in [0, 0.1) is 5.92 Å². The van der Waals surface area contributed by atoms with Gasteiger partial charge in [0.05, 0.1) is 0 Å². The number of nitrogens with two attached hydrogens (primary N) is 1. The Bertz CT molecular complexity index is 260. The first kappa shape index (κ1) is 13.0. The van der Waals surface area contributed by atoms with Gasteiger partial charge in [-0.15, -0.1) is 0 Å². The van der Waals surface area contributed by atoms with E-state index in [9.17, 15) is 9.59 Å². The SMILES string of the molecule is CCN1CCN(C(=O)CC(C)C(N)=O)CC1. The lowest BCUT2D eigenvalue weighted by Gasteiger charge is -2.34. The van der Waals surface area contributed by atoms with Crippen LogP contribution in [0.2, 0.25) is 0 Å². The van der Waals surface area contributed by atoms with Gasteiger partial charge in [-0.3, -0.25) is 9.59 Å². The number of amides is 2. The largest absolute Gasteiger partial charge is 0.369 e. The number of likely N-dealkylation sites (N-methyl/N-ethyl adjacent to an activating group) is 1. The maximum absolute atomic E-state index is 11.8. The summed E-state index contributed by atoms with van der Waals surface area (Å²) >= 11 is 0. The molecule has 0 bridgehead atoms. The van der Waals surface area contributed by atoms with Crippen LogP contribution < -0.4 is 5.73 Å². The van der Waals surface area contributed by atoms with Gasteiger partial charge < -0.3 is 15.5 Å². The molecule has 1 rings (SSSR count). The fourth-order valence-electron chi connectivity index (χ4n) is 1.81. The van der Waals surface area contributed by atoms with E-state index < -0.39 is 5.91 Å². The molecule has 1 aliphatic rings. The standard InChI is InChI=1S/C11H21N3O2/c1-3-13-4-6-14(7-5-13)10(15)8-9(2)11(12)16/h9H,3-8H2,1-2H3,(H2,12,16). The van der Waals surface area contributed by atoms with Crippen molar-refractivity contribution in [3.05, 3.63) is 0 Å². The first-order valence-corrected chi connectivity index (χ1v) is 5.84. The molecule has 1 fully saturated rings. The first-order valence-electron chi connectivity index (χ1n) is 5.84. The van der Waals surface area contributed by atoms with Crippen molar-refractivity contribution in [1.82, 2.24) is 9.80 Å². The molecule has 2 amide bonds. The van der Waals surface area contributed by atoms with Crippen LogP contribution >= 0.6 is 0 Å². The third-order valence-electron chi connectivity index (χ3n) is 3.14. The van der Waals surface area contributed by atoms with Crippen molar-refractivity contribution >= 4 is 11.8 Å². The minimum Gasteiger partial charge on any atom is -0.369 e. The molecular weight excluding hydrogens is 206 g/mol. The van der Waals surface area contributed by atoms with Gasteiger partial charge in [0.15, 0.2) is 0 Å². The van der Waals surface area contributed by atoms with Crippen LogP contribution in [0.25, 0.3) is 0 Å². The van der Waals surface area contributed by atoms with Crippen molar-refractivity contribution in [1.29, 1.82) is 0 Å². The van der Waals surface area contributed by atoms with Gasteiger partial charge in [0, 0.05) is 38.5 Å². The summed E-state index contributed by atoms with van der Waals surface area (Å²) in [5.74, 6) is -0.723. The number of carbonyl (C=O) groups excluding carboxylic acids is 2. The minimum atomic E-state index is -0.402. The lowest BCUT2D eigenvalue weighted by molar-refractivity contribution is -0.136. The van der Waals surface area contributed by atoms with E-state index in [-0.39, 0.29) is 18.2 Å². The quantitative estimate of drug-likeness (QED) is 0.714. The Balaban J connectivity index is 2.36. The molecule has 0 radical (unpaired) electrons. The highest BCUT2D eigenvalue weighted by Crippen LogP contribution is 2.08. The van der Waals surface area contributed by atoms with Crippen molar-refractivity contribution in [2.24, 2.45) is 11.7 Å². The van der Waals surface area contributed by atoms with E-state index in [2.05, 4.69) is 11.8 Å². The van der Waals surface area contributed by atoms with E-state index in [0.29, 0.717) is 0 Å². The summed E-state index contributed by atoms with van der Waals surface area (Å²) in [6.07, 6.45) is 0.238. The van der Waals surface area contributed by atoms with Crippen LogP contribution in [0.3, 0.4) is 0 Å². The minimum absolute atomic E-state index is 0.0436. The van der Waals surface area contributed by atoms with Crippen LogP contribution in [0.1, 0.15) is 20.3 Å². The summed E-state index contributed by atoms with van der Waals surface area (Å²) in [5.41, 5.74) is 5.14. The Kier molecular flexibility index (Phi) is 4.73. The molecular formula is C11H21N3O2. The lowest BCUT2D eigenvalue weighted by atomic mass is 10.1. The van der Waals surface area contributed by atoms with E-state index >= 15 is 0 Å². The smallest absolute Gasteiger partial charge is 0.223 e. The summed E-state index contributed by atoms with van der Waals surface area (Å²) in [5, 5.41) is 0. The van der Waals surface area contributed by atoms with E-state index in [1.54, 1.807) is 6.92 Å². The van der Waals surface area contributed by atoms with Crippen LogP contribution in [0.5, 0.6) is 0 Å². The Morgan fingerprint density at radius 1 is 1.25 bits per heavy atom. The average Bonchev–Trinajstić information content (AvgIpc) is 2.28.